The first-order valence-corrected chi connectivity index (χ1v) is 13.6. The average Bonchev–Trinajstić information content (AvgIpc) is 3.18. The molecule has 0 spiro atoms. The molecule has 2 aromatic carbocycles. The Bertz CT molecular complexity index is 1670. The van der Waals surface area contributed by atoms with Gasteiger partial charge in [-0.25, -0.2) is 9.79 Å². The van der Waals surface area contributed by atoms with Crippen molar-refractivity contribution in [1.29, 1.82) is 0 Å². The van der Waals surface area contributed by atoms with Crippen molar-refractivity contribution >= 4 is 45.3 Å². The summed E-state index contributed by atoms with van der Waals surface area (Å²) in [5.41, 5.74) is 1.63. The maximum absolute atomic E-state index is 13.9. The molecule has 0 N–H and O–H groups in total. The van der Waals surface area contributed by atoms with Gasteiger partial charge in [0.05, 0.1) is 36.1 Å². The van der Waals surface area contributed by atoms with E-state index in [2.05, 4.69) is 20.9 Å². The molecule has 1 unspecified atom stereocenters. The van der Waals surface area contributed by atoms with Crippen LogP contribution in [0.3, 0.4) is 0 Å². The second kappa shape index (κ2) is 11.6. The zero-order chi connectivity index (χ0) is 28.4. The predicted molar refractivity (Wildman–Crippen MR) is 150 cm³/mol. The second-order valence-electron chi connectivity index (χ2n) is 8.93. The van der Waals surface area contributed by atoms with Crippen molar-refractivity contribution in [3.05, 3.63) is 83.0 Å². The maximum atomic E-state index is 13.9. The number of nitrogens with zero attached hydrogens (tertiary/aromatic N) is 2. The minimum atomic E-state index is -0.831. The summed E-state index contributed by atoms with van der Waals surface area (Å²) in [6, 6.07) is 9.63. The van der Waals surface area contributed by atoms with Gasteiger partial charge in [0.2, 0.25) is 0 Å². The molecule has 3 aromatic rings. The molecule has 0 fully saturated rings. The fourth-order valence-electron chi connectivity index (χ4n) is 4.25. The molecule has 1 aliphatic rings. The standard InChI is InChI=1S/C28H27BrN2O7S/c1-14(2)37-20-10-8-18(29)13-19(20)25-24(27(34)36-6)15(3)30-28-31(25)26(33)23(39-28)12-17-7-9-21(38-16(4)32)22(11-17)35-5/h7-14,25H,1-6H3. The first kappa shape index (κ1) is 28.3. The highest BCUT2D eigenvalue weighted by Crippen LogP contribution is 2.38. The van der Waals surface area contributed by atoms with Gasteiger partial charge in [0.1, 0.15) is 11.8 Å². The zero-order valence-corrected chi connectivity index (χ0v) is 24.6. The number of carbonyl (C=O) groups is 2. The Labute approximate surface area is 237 Å². The third-order valence-electron chi connectivity index (χ3n) is 5.80. The van der Waals surface area contributed by atoms with Crippen molar-refractivity contribution in [2.24, 2.45) is 4.99 Å². The van der Waals surface area contributed by atoms with Crippen molar-refractivity contribution < 1.29 is 28.5 Å². The van der Waals surface area contributed by atoms with Crippen LogP contribution in [0.5, 0.6) is 17.2 Å². The Hall–Kier alpha value is -3.70. The Morgan fingerprint density at radius 2 is 1.82 bits per heavy atom. The first-order valence-electron chi connectivity index (χ1n) is 12.0. The van der Waals surface area contributed by atoms with Crippen LogP contribution in [-0.4, -0.2) is 36.8 Å². The number of thiazole rings is 1. The lowest BCUT2D eigenvalue weighted by molar-refractivity contribution is -0.136. The van der Waals surface area contributed by atoms with Crippen molar-refractivity contribution in [1.82, 2.24) is 4.57 Å². The molecule has 11 heteroatoms. The van der Waals surface area contributed by atoms with Crippen LogP contribution in [0, 0.1) is 0 Å². The molecule has 39 heavy (non-hydrogen) atoms. The number of fused-ring (bicyclic) bond motifs is 1. The molecule has 0 aliphatic carbocycles. The molecule has 2 heterocycles. The van der Waals surface area contributed by atoms with Crippen LogP contribution in [0.1, 0.15) is 44.9 Å². The minimum Gasteiger partial charge on any atom is -0.493 e. The number of hydrogen-bond donors (Lipinski definition) is 0. The summed E-state index contributed by atoms with van der Waals surface area (Å²) >= 11 is 4.71. The fraction of sp³-hybridized carbons (Fsp3) is 0.286. The van der Waals surface area contributed by atoms with Crippen molar-refractivity contribution in [3.8, 4) is 17.2 Å². The molecule has 0 saturated heterocycles. The summed E-state index contributed by atoms with van der Waals surface area (Å²) in [5.74, 6) is 0.0957. The minimum absolute atomic E-state index is 0.141. The number of halogens is 1. The molecule has 9 nitrogen and oxygen atoms in total. The lowest BCUT2D eigenvalue weighted by Crippen LogP contribution is -2.40. The highest BCUT2D eigenvalue weighted by molar-refractivity contribution is 9.10. The molecule has 1 atom stereocenters. The van der Waals surface area contributed by atoms with E-state index in [0.717, 1.165) is 4.47 Å². The van der Waals surface area contributed by atoms with Crippen LogP contribution in [0.25, 0.3) is 6.08 Å². The summed E-state index contributed by atoms with van der Waals surface area (Å²) in [5, 5.41) is 0. The van der Waals surface area contributed by atoms with Gasteiger partial charge in [-0.1, -0.05) is 33.3 Å². The molecule has 204 valence electrons. The lowest BCUT2D eigenvalue weighted by atomic mass is 9.95. The summed E-state index contributed by atoms with van der Waals surface area (Å²) in [6.07, 6.45) is 1.56. The normalized spacial score (nSPS) is 15.1. The summed E-state index contributed by atoms with van der Waals surface area (Å²) in [6.45, 7) is 6.83. The van der Waals surface area contributed by atoms with Crippen LogP contribution in [-0.2, 0) is 14.3 Å². The van der Waals surface area contributed by atoms with Gasteiger partial charge in [-0.2, -0.15) is 0 Å². The summed E-state index contributed by atoms with van der Waals surface area (Å²) < 4.78 is 24.4. The van der Waals surface area contributed by atoms with E-state index < -0.39 is 18.0 Å². The lowest BCUT2D eigenvalue weighted by Gasteiger charge is -2.26. The number of ether oxygens (including phenoxy) is 4. The number of carbonyl (C=O) groups excluding carboxylic acids is 2. The van der Waals surface area contributed by atoms with Crippen LogP contribution in [0.15, 0.2) is 61.9 Å². The monoisotopic (exact) mass is 614 g/mol. The molecular formula is C28H27BrN2O7S. The highest BCUT2D eigenvalue weighted by Gasteiger charge is 2.35. The van der Waals surface area contributed by atoms with Gasteiger partial charge in [0.25, 0.3) is 5.56 Å². The van der Waals surface area contributed by atoms with Crippen molar-refractivity contribution in [2.75, 3.05) is 14.2 Å². The summed E-state index contributed by atoms with van der Waals surface area (Å²) in [7, 11) is 2.76. The molecule has 0 bridgehead atoms. The maximum Gasteiger partial charge on any atom is 0.338 e. The number of benzene rings is 2. The first-order chi connectivity index (χ1) is 18.5. The van der Waals surface area contributed by atoms with Crippen LogP contribution < -0.4 is 29.1 Å². The Balaban J connectivity index is 1.95. The topological polar surface area (TPSA) is 105 Å². The van der Waals surface area contributed by atoms with Gasteiger partial charge in [-0.15, -0.1) is 0 Å². The third-order valence-corrected chi connectivity index (χ3v) is 7.27. The van der Waals surface area contributed by atoms with E-state index in [1.165, 1.54) is 37.0 Å². The van der Waals surface area contributed by atoms with E-state index in [0.29, 0.717) is 37.7 Å². The number of esters is 2. The van der Waals surface area contributed by atoms with E-state index in [1.54, 1.807) is 37.3 Å². The quantitative estimate of drug-likeness (QED) is 0.294. The smallest absolute Gasteiger partial charge is 0.338 e. The highest BCUT2D eigenvalue weighted by atomic mass is 79.9. The number of methoxy groups -OCH3 is 2. The molecule has 0 radical (unpaired) electrons. The average molecular weight is 616 g/mol. The Kier molecular flexibility index (Phi) is 8.41. The molecule has 0 saturated carbocycles. The van der Waals surface area contributed by atoms with Gasteiger partial charge in [-0.05, 0) is 62.7 Å². The number of aromatic nitrogens is 1. The van der Waals surface area contributed by atoms with Gasteiger partial charge in [0.15, 0.2) is 16.3 Å². The van der Waals surface area contributed by atoms with E-state index in [9.17, 15) is 14.4 Å². The van der Waals surface area contributed by atoms with Crippen molar-refractivity contribution in [3.63, 3.8) is 0 Å². The van der Waals surface area contributed by atoms with Crippen LogP contribution in [0.2, 0.25) is 0 Å². The van der Waals surface area contributed by atoms with Crippen LogP contribution in [0.4, 0.5) is 0 Å². The number of allylic oxidation sites excluding steroid dienone is 1. The Morgan fingerprint density at radius 3 is 2.46 bits per heavy atom. The van der Waals surface area contributed by atoms with E-state index in [1.807, 2.05) is 26.0 Å². The number of rotatable bonds is 7. The molecule has 0 amide bonds. The van der Waals surface area contributed by atoms with Crippen LogP contribution >= 0.6 is 27.3 Å². The fourth-order valence-corrected chi connectivity index (χ4v) is 5.67. The van der Waals surface area contributed by atoms with Gasteiger partial charge in [-0.3, -0.25) is 14.2 Å². The molecule has 1 aliphatic heterocycles. The van der Waals surface area contributed by atoms with Gasteiger partial charge < -0.3 is 18.9 Å². The van der Waals surface area contributed by atoms with E-state index >= 15 is 0 Å². The van der Waals surface area contributed by atoms with E-state index in [4.69, 9.17) is 18.9 Å². The van der Waals surface area contributed by atoms with Crippen molar-refractivity contribution in [2.45, 2.75) is 39.8 Å². The molecular weight excluding hydrogens is 588 g/mol. The molecule has 4 rings (SSSR count). The SMILES string of the molecule is COC(=O)C1=C(C)N=c2sc(=Cc3ccc(OC(C)=O)c(OC)c3)c(=O)n2C1c1cc(Br)ccc1OC(C)C. The summed E-state index contributed by atoms with van der Waals surface area (Å²) in [4.78, 5) is 43.3. The van der Waals surface area contributed by atoms with E-state index in [-0.39, 0.29) is 23.0 Å². The third kappa shape index (κ3) is 5.84. The van der Waals surface area contributed by atoms with Gasteiger partial charge >= 0.3 is 11.9 Å². The van der Waals surface area contributed by atoms with Gasteiger partial charge in [0, 0.05) is 17.0 Å². The number of hydrogen-bond acceptors (Lipinski definition) is 9. The largest absolute Gasteiger partial charge is 0.493 e. The zero-order valence-electron chi connectivity index (χ0n) is 22.2. The molecule has 1 aromatic heterocycles. The predicted octanol–water partition coefficient (Wildman–Crippen LogP) is 3.89. The Morgan fingerprint density at radius 1 is 1.10 bits per heavy atom. The second-order valence-corrected chi connectivity index (χ2v) is 10.9.